The minimum atomic E-state index is 0.949. The maximum absolute atomic E-state index is 3.89. The van der Waals surface area contributed by atoms with Crippen molar-refractivity contribution >= 4 is 10.8 Å². The van der Waals surface area contributed by atoms with E-state index in [0.717, 1.165) is 10.8 Å². The number of fused-ring (bicyclic) bond motifs is 1. The summed E-state index contributed by atoms with van der Waals surface area (Å²) in [6.07, 6.45) is 6.68. The standard InChI is InChI=1S/C7H4N3/c1-2-8-3-7-5-10-9-4-6(1)7/h2-5H. The molecule has 0 aromatic carbocycles. The molecule has 0 N–H and O–H groups in total. The van der Waals surface area contributed by atoms with Crippen LogP contribution in [0.5, 0.6) is 0 Å². The Balaban J connectivity index is 2.89. The van der Waals surface area contributed by atoms with Crippen molar-refractivity contribution in [2.45, 2.75) is 0 Å². The van der Waals surface area contributed by atoms with Crippen molar-refractivity contribution in [2.24, 2.45) is 0 Å². The summed E-state index contributed by atoms with van der Waals surface area (Å²) in [4.78, 5) is 3.89. The number of hydrogen-bond donors (Lipinski definition) is 0. The van der Waals surface area contributed by atoms with E-state index in [-0.39, 0.29) is 0 Å². The third kappa shape index (κ3) is 0.719. The van der Waals surface area contributed by atoms with Gasteiger partial charge in [0.2, 0.25) is 0 Å². The van der Waals surface area contributed by atoms with Crippen LogP contribution in [-0.4, -0.2) is 15.2 Å². The van der Waals surface area contributed by atoms with Crippen molar-refractivity contribution in [1.82, 2.24) is 15.2 Å². The van der Waals surface area contributed by atoms with Crippen LogP contribution < -0.4 is 0 Å². The molecule has 3 nitrogen and oxygen atoms in total. The molecule has 47 valence electrons. The molecule has 0 aliphatic carbocycles. The highest BCUT2D eigenvalue weighted by Gasteiger charge is 1.88. The molecule has 1 radical (unpaired) electrons. The van der Waals surface area contributed by atoms with Gasteiger partial charge in [-0.3, -0.25) is 4.98 Å². The van der Waals surface area contributed by atoms with Gasteiger partial charge in [0, 0.05) is 29.2 Å². The highest BCUT2D eigenvalue weighted by Crippen LogP contribution is 2.05. The van der Waals surface area contributed by atoms with Crippen molar-refractivity contribution in [3.63, 3.8) is 0 Å². The van der Waals surface area contributed by atoms with Gasteiger partial charge in [0.05, 0.1) is 12.4 Å². The third-order valence-corrected chi connectivity index (χ3v) is 1.27. The van der Waals surface area contributed by atoms with Crippen molar-refractivity contribution in [1.29, 1.82) is 0 Å². The zero-order chi connectivity index (χ0) is 6.81. The van der Waals surface area contributed by atoms with Crippen LogP contribution in [0, 0.1) is 6.07 Å². The van der Waals surface area contributed by atoms with Crippen molar-refractivity contribution in [2.75, 3.05) is 0 Å². The van der Waals surface area contributed by atoms with Gasteiger partial charge in [-0.15, -0.1) is 0 Å². The first-order chi connectivity index (χ1) is 4.97. The van der Waals surface area contributed by atoms with E-state index < -0.39 is 0 Å². The average molecular weight is 130 g/mol. The summed E-state index contributed by atoms with van der Waals surface area (Å²) >= 11 is 0. The molecule has 2 aromatic rings. The maximum Gasteiger partial charge on any atom is 0.0590 e. The fraction of sp³-hybridized carbons (Fsp3) is 0. The van der Waals surface area contributed by atoms with Gasteiger partial charge in [0.1, 0.15) is 0 Å². The van der Waals surface area contributed by atoms with Crippen LogP contribution in [0.2, 0.25) is 0 Å². The molecule has 0 saturated carbocycles. The molecule has 2 aromatic heterocycles. The Bertz CT molecular complexity index is 280. The number of pyridine rings is 1. The van der Waals surface area contributed by atoms with Gasteiger partial charge >= 0.3 is 0 Å². The smallest absolute Gasteiger partial charge is 0.0590 e. The molecule has 0 aliphatic rings. The fourth-order valence-electron chi connectivity index (χ4n) is 0.779. The largest absolute Gasteiger partial charge is 0.263 e. The Kier molecular flexibility index (Phi) is 1.07. The highest BCUT2D eigenvalue weighted by atomic mass is 15.1. The number of aromatic nitrogens is 3. The monoisotopic (exact) mass is 130 g/mol. The van der Waals surface area contributed by atoms with E-state index >= 15 is 0 Å². The van der Waals surface area contributed by atoms with E-state index in [9.17, 15) is 0 Å². The number of rotatable bonds is 0. The SMILES string of the molecule is [c]1cncc2cnncc12. The summed E-state index contributed by atoms with van der Waals surface area (Å²) in [7, 11) is 0. The van der Waals surface area contributed by atoms with E-state index in [0.29, 0.717) is 0 Å². The minimum absolute atomic E-state index is 0.949. The van der Waals surface area contributed by atoms with E-state index in [1.807, 2.05) is 0 Å². The molecule has 0 spiro atoms. The second-order valence-electron chi connectivity index (χ2n) is 1.91. The second kappa shape index (κ2) is 2.02. The van der Waals surface area contributed by atoms with E-state index in [4.69, 9.17) is 0 Å². The first-order valence-corrected chi connectivity index (χ1v) is 2.89. The molecule has 0 aliphatic heterocycles. The van der Waals surface area contributed by atoms with Crippen LogP contribution in [0.1, 0.15) is 0 Å². The van der Waals surface area contributed by atoms with Crippen molar-refractivity contribution < 1.29 is 0 Å². The summed E-state index contributed by atoms with van der Waals surface area (Å²) in [5, 5.41) is 9.33. The van der Waals surface area contributed by atoms with Gasteiger partial charge in [0.25, 0.3) is 0 Å². The zero-order valence-electron chi connectivity index (χ0n) is 5.15. The van der Waals surface area contributed by atoms with Crippen LogP contribution in [0.3, 0.4) is 0 Å². The molecule has 0 bridgehead atoms. The lowest BCUT2D eigenvalue weighted by molar-refractivity contribution is 1.05. The average Bonchev–Trinajstić information content (AvgIpc) is 2.05. The zero-order valence-corrected chi connectivity index (χ0v) is 5.15. The second-order valence-corrected chi connectivity index (χ2v) is 1.91. The van der Waals surface area contributed by atoms with Gasteiger partial charge < -0.3 is 0 Å². The van der Waals surface area contributed by atoms with E-state index in [1.165, 1.54) is 0 Å². The lowest BCUT2D eigenvalue weighted by Crippen LogP contribution is -1.80. The van der Waals surface area contributed by atoms with Crippen molar-refractivity contribution in [3.05, 3.63) is 30.9 Å². The molecule has 0 unspecified atom stereocenters. The molecule has 2 heterocycles. The Hall–Kier alpha value is -1.51. The first-order valence-electron chi connectivity index (χ1n) is 2.89. The number of nitrogens with zero attached hydrogens (tertiary/aromatic N) is 3. The Labute approximate surface area is 57.7 Å². The molecule has 0 amide bonds. The predicted molar refractivity (Wildman–Crippen MR) is 36.2 cm³/mol. The maximum atomic E-state index is 3.89. The highest BCUT2D eigenvalue weighted by molar-refractivity contribution is 5.78. The molecular weight excluding hydrogens is 126 g/mol. The van der Waals surface area contributed by atoms with Gasteiger partial charge in [-0.05, 0) is 0 Å². The number of hydrogen-bond acceptors (Lipinski definition) is 3. The summed E-state index contributed by atoms with van der Waals surface area (Å²) in [6.45, 7) is 0. The quantitative estimate of drug-likeness (QED) is 0.530. The minimum Gasteiger partial charge on any atom is -0.263 e. The summed E-state index contributed by atoms with van der Waals surface area (Å²) in [5.41, 5.74) is 0. The van der Waals surface area contributed by atoms with Crippen LogP contribution in [0.15, 0.2) is 24.8 Å². The molecule has 0 saturated heterocycles. The molecule has 3 heteroatoms. The predicted octanol–water partition coefficient (Wildman–Crippen LogP) is 0.825. The molecule has 0 fully saturated rings. The van der Waals surface area contributed by atoms with Crippen LogP contribution in [0.4, 0.5) is 0 Å². The van der Waals surface area contributed by atoms with Gasteiger partial charge in [-0.2, -0.15) is 10.2 Å². The lowest BCUT2D eigenvalue weighted by atomic mass is 10.3. The third-order valence-electron chi connectivity index (χ3n) is 1.27. The molecule has 0 atom stereocenters. The molecule has 2 rings (SSSR count). The fourth-order valence-corrected chi connectivity index (χ4v) is 0.779. The van der Waals surface area contributed by atoms with E-state index in [2.05, 4.69) is 21.2 Å². The first kappa shape index (κ1) is 5.29. The molecule has 10 heavy (non-hydrogen) atoms. The van der Waals surface area contributed by atoms with Crippen LogP contribution in [-0.2, 0) is 0 Å². The Morgan fingerprint density at radius 2 is 2.00 bits per heavy atom. The van der Waals surface area contributed by atoms with Crippen molar-refractivity contribution in [3.8, 4) is 0 Å². The summed E-state index contributed by atoms with van der Waals surface area (Å²) < 4.78 is 0. The molecular formula is C7H4N3. The topological polar surface area (TPSA) is 38.7 Å². The van der Waals surface area contributed by atoms with Gasteiger partial charge in [-0.1, -0.05) is 0 Å². The van der Waals surface area contributed by atoms with E-state index in [1.54, 1.807) is 24.8 Å². The normalized spacial score (nSPS) is 10.0. The lowest BCUT2D eigenvalue weighted by Gasteiger charge is -1.89. The van der Waals surface area contributed by atoms with Gasteiger partial charge in [-0.25, -0.2) is 0 Å². The summed E-state index contributed by atoms with van der Waals surface area (Å²) in [6, 6.07) is 2.94. The Morgan fingerprint density at radius 3 is 2.90 bits per heavy atom. The summed E-state index contributed by atoms with van der Waals surface area (Å²) in [5.74, 6) is 0. The van der Waals surface area contributed by atoms with Gasteiger partial charge in [0.15, 0.2) is 0 Å². The van der Waals surface area contributed by atoms with Crippen LogP contribution in [0.25, 0.3) is 10.8 Å². The van der Waals surface area contributed by atoms with Crippen LogP contribution >= 0.6 is 0 Å². The Morgan fingerprint density at radius 1 is 1.10 bits per heavy atom.